The minimum Gasteiger partial charge on any atom is -0.0654 e. The summed E-state index contributed by atoms with van der Waals surface area (Å²) in [6, 6.07) is 17.5. The van der Waals surface area contributed by atoms with Crippen molar-refractivity contribution in [1.29, 1.82) is 0 Å². The van der Waals surface area contributed by atoms with Gasteiger partial charge in [0.2, 0.25) is 0 Å². The maximum atomic E-state index is 3.48. The molecular formula is C19H23Br. The predicted molar refractivity (Wildman–Crippen MR) is 92.0 cm³/mol. The van der Waals surface area contributed by atoms with E-state index in [2.05, 4.69) is 71.4 Å². The molecule has 0 amide bonds. The fraction of sp³-hybridized carbons (Fsp3) is 0.368. The molecule has 0 aliphatic carbocycles. The molecule has 2 rings (SSSR count). The van der Waals surface area contributed by atoms with Crippen LogP contribution < -0.4 is 0 Å². The summed E-state index contributed by atoms with van der Waals surface area (Å²) in [5.41, 5.74) is 4.04. The second-order valence-corrected chi connectivity index (χ2v) is 6.28. The van der Waals surface area contributed by atoms with Gasteiger partial charge in [0.15, 0.2) is 0 Å². The van der Waals surface area contributed by atoms with Crippen LogP contribution in [-0.4, -0.2) is 0 Å². The van der Waals surface area contributed by atoms with E-state index in [-0.39, 0.29) is 0 Å². The van der Waals surface area contributed by atoms with Crippen LogP contribution in [0.1, 0.15) is 44.6 Å². The van der Waals surface area contributed by atoms with Crippen molar-refractivity contribution in [2.24, 2.45) is 0 Å². The van der Waals surface area contributed by atoms with Crippen LogP contribution in [0.4, 0.5) is 0 Å². The Labute approximate surface area is 131 Å². The van der Waals surface area contributed by atoms with Crippen LogP contribution in [0.3, 0.4) is 0 Å². The van der Waals surface area contributed by atoms with Crippen molar-refractivity contribution in [1.82, 2.24) is 0 Å². The molecule has 0 saturated carbocycles. The van der Waals surface area contributed by atoms with Crippen LogP contribution in [0.2, 0.25) is 0 Å². The first-order chi connectivity index (χ1) is 9.79. The standard InChI is InChI=1S/C19H23Br/c1-2-3-4-5-6-7-16-8-10-17(11-9-16)18-12-14-19(20)15-13-18/h8-15H,2-7H2,1H3. The minimum atomic E-state index is 1.13. The third-order valence-corrected chi connectivity index (χ3v) is 4.23. The fourth-order valence-electron chi connectivity index (χ4n) is 2.44. The van der Waals surface area contributed by atoms with Crippen molar-refractivity contribution in [3.63, 3.8) is 0 Å². The molecule has 0 bridgehead atoms. The monoisotopic (exact) mass is 330 g/mol. The highest BCUT2D eigenvalue weighted by atomic mass is 79.9. The van der Waals surface area contributed by atoms with E-state index >= 15 is 0 Å². The molecule has 106 valence electrons. The molecule has 0 atom stereocenters. The van der Waals surface area contributed by atoms with E-state index in [0.29, 0.717) is 0 Å². The van der Waals surface area contributed by atoms with E-state index < -0.39 is 0 Å². The highest BCUT2D eigenvalue weighted by Crippen LogP contribution is 2.22. The van der Waals surface area contributed by atoms with E-state index in [9.17, 15) is 0 Å². The zero-order chi connectivity index (χ0) is 14.2. The molecule has 0 saturated heterocycles. The number of rotatable bonds is 7. The first-order valence-corrected chi connectivity index (χ1v) is 8.44. The van der Waals surface area contributed by atoms with Gasteiger partial charge in [0.05, 0.1) is 0 Å². The summed E-state index contributed by atoms with van der Waals surface area (Å²) in [4.78, 5) is 0. The van der Waals surface area contributed by atoms with Gasteiger partial charge in [-0.15, -0.1) is 0 Å². The van der Waals surface area contributed by atoms with E-state index in [1.807, 2.05) is 0 Å². The van der Waals surface area contributed by atoms with Gasteiger partial charge in [-0.1, -0.05) is 84.9 Å². The van der Waals surface area contributed by atoms with Crippen LogP contribution in [-0.2, 0) is 6.42 Å². The van der Waals surface area contributed by atoms with Gasteiger partial charge in [-0.2, -0.15) is 0 Å². The molecule has 0 heterocycles. The lowest BCUT2D eigenvalue weighted by Crippen LogP contribution is -1.86. The van der Waals surface area contributed by atoms with Gasteiger partial charge < -0.3 is 0 Å². The fourth-order valence-corrected chi connectivity index (χ4v) is 2.70. The Hall–Kier alpha value is -1.08. The second kappa shape index (κ2) is 8.26. The van der Waals surface area contributed by atoms with Gasteiger partial charge in [-0.25, -0.2) is 0 Å². The van der Waals surface area contributed by atoms with Crippen molar-refractivity contribution >= 4 is 15.9 Å². The van der Waals surface area contributed by atoms with E-state index in [4.69, 9.17) is 0 Å². The molecule has 0 spiro atoms. The molecule has 0 aromatic heterocycles. The van der Waals surface area contributed by atoms with Crippen molar-refractivity contribution < 1.29 is 0 Å². The summed E-state index contributed by atoms with van der Waals surface area (Å²) >= 11 is 3.48. The molecule has 0 unspecified atom stereocenters. The Bertz CT molecular complexity index is 496. The molecule has 0 aliphatic rings. The van der Waals surface area contributed by atoms with E-state index in [1.165, 1.54) is 55.2 Å². The van der Waals surface area contributed by atoms with Crippen LogP contribution >= 0.6 is 15.9 Å². The van der Waals surface area contributed by atoms with Gasteiger partial charge >= 0.3 is 0 Å². The van der Waals surface area contributed by atoms with E-state index in [1.54, 1.807) is 0 Å². The Kier molecular flexibility index (Phi) is 6.32. The zero-order valence-corrected chi connectivity index (χ0v) is 13.8. The molecule has 2 aromatic rings. The summed E-state index contributed by atoms with van der Waals surface area (Å²) in [7, 11) is 0. The molecule has 0 N–H and O–H groups in total. The molecule has 0 nitrogen and oxygen atoms in total. The Morgan fingerprint density at radius 3 is 1.85 bits per heavy atom. The highest BCUT2D eigenvalue weighted by molar-refractivity contribution is 9.10. The van der Waals surface area contributed by atoms with E-state index in [0.717, 1.165) is 4.47 Å². The largest absolute Gasteiger partial charge is 0.0654 e. The minimum absolute atomic E-state index is 1.13. The molecule has 20 heavy (non-hydrogen) atoms. The Morgan fingerprint density at radius 2 is 1.25 bits per heavy atom. The molecule has 0 aliphatic heterocycles. The normalized spacial score (nSPS) is 10.7. The van der Waals surface area contributed by atoms with Gasteiger partial charge in [-0.3, -0.25) is 0 Å². The van der Waals surface area contributed by atoms with Crippen LogP contribution in [0.25, 0.3) is 11.1 Å². The van der Waals surface area contributed by atoms with Crippen molar-refractivity contribution in [3.8, 4) is 11.1 Å². The summed E-state index contributed by atoms with van der Waals surface area (Å²) in [5.74, 6) is 0. The Balaban J connectivity index is 1.88. The molecule has 2 aromatic carbocycles. The maximum absolute atomic E-state index is 3.48. The average Bonchev–Trinajstić information content (AvgIpc) is 2.49. The predicted octanol–water partition coefficient (Wildman–Crippen LogP) is 6.63. The maximum Gasteiger partial charge on any atom is 0.0175 e. The SMILES string of the molecule is CCCCCCCc1ccc(-c2ccc(Br)cc2)cc1. The lowest BCUT2D eigenvalue weighted by atomic mass is 10.0. The first kappa shape index (κ1) is 15.3. The second-order valence-electron chi connectivity index (χ2n) is 5.37. The van der Waals surface area contributed by atoms with Crippen LogP contribution in [0.15, 0.2) is 53.0 Å². The number of halogens is 1. The molecule has 1 heteroatoms. The molecule has 0 radical (unpaired) electrons. The lowest BCUT2D eigenvalue weighted by Gasteiger charge is -2.05. The summed E-state index contributed by atoms with van der Waals surface area (Å²) in [6.07, 6.45) is 7.97. The Morgan fingerprint density at radius 1 is 0.700 bits per heavy atom. The van der Waals surface area contributed by atoms with Crippen molar-refractivity contribution in [2.75, 3.05) is 0 Å². The average molecular weight is 331 g/mol. The highest BCUT2D eigenvalue weighted by Gasteiger charge is 1.99. The number of hydrogen-bond acceptors (Lipinski definition) is 0. The van der Waals surface area contributed by atoms with Gasteiger partial charge in [-0.05, 0) is 41.7 Å². The third-order valence-electron chi connectivity index (χ3n) is 3.70. The smallest absolute Gasteiger partial charge is 0.0175 e. The van der Waals surface area contributed by atoms with Crippen molar-refractivity contribution in [2.45, 2.75) is 45.4 Å². The van der Waals surface area contributed by atoms with Gasteiger partial charge in [0, 0.05) is 4.47 Å². The van der Waals surface area contributed by atoms with Crippen LogP contribution in [0, 0.1) is 0 Å². The quantitative estimate of drug-likeness (QED) is 0.500. The zero-order valence-electron chi connectivity index (χ0n) is 12.2. The summed E-state index contributed by atoms with van der Waals surface area (Å²) in [5, 5.41) is 0. The summed E-state index contributed by atoms with van der Waals surface area (Å²) in [6.45, 7) is 2.26. The molecule has 0 fully saturated rings. The number of benzene rings is 2. The number of unbranched alkanes of at least 4 members (excludes halogenated alkanes) is 4. The van der Waals surface area contributed by atoms with Gasteiger partial charge in [0.1, 0.15) is 0 Å². The topological polar surface area (TPSA) is 0 Å². The van der Waals surface area contributed by atoms with Gasteiger partial charge in [0.25, 0.3) is 0 Å². The summed E-state index contributed by atoms with van der Waals surface area (Å²) < 4.78 is 1.13. The van der Waals surface area contributed by atoms with Crippen LogP contribution in [0.5, 0.6) is 0 Å². The number of hydrogen-bond donors (Lipinski definition) is 0. The first-order valence-electron chi connectivity index (χ1n) is 7.64. The molecular weight excluding hydrogens is 308 g/mol. The van der Waals surface area contributed by atoms with Crippen molar-refractivity contribution in [3.05, 3.63) is 58.6 Å². The lowest BCUT2D eigenvalue weighted by molar-refractivity contribution is 0.632. The third kappa shape index (κ3) is 4.79. The number of aryl methyl sites for hydroxylation is 1.